The molecule has 1 atom stereocenters. The van der Waals surface area contributed by atoms with E-state index < -0.39 is 5.60 Å². The lowest BCUT2D eigenvalue weighted by atomic mass is 9.96. The number of aliphatic hydroxyl groups is 1. The van der Waals surface area contributed by atoms with Crippen molar-refractivity contribution in [3.8, 4) is 0 Å². The fourth-order valence-corrected chi connectivity index (χ4v) is 3.92. The van der Waals surface area contributed by atoms with E-state index in [1.165, 1.54) is 0 Å². The normalized spacial score (nSPS) is 17.2. The second-order valence-corrected chi connectivity index (χ2v) is 7.27. The first-order valence-corrected chi connectivity index (χ1v) is 8.75. The van der Waals surface area contributed by atoms with Gasteiger partial charge in [-0.3, -0.25) is 0 Å². The zero-order chi connectivity index (χ0) is 14.7. The Labute approximate surface area is 131 Å². The molecule has 4 nitrogen and oxygen atoms in total. The lowest BCUT2D eigenvalue weighted by molar-refractivity contribution is 0.0196. The largest absolute Gasteiger partial charge is 0.382 e. The van der Waals surface area contributed by atoms with Gasteiger partial charge >= 0.3 is 6.03 Å². The maximum absolute atomic E-state index is 11.9. The highest BCUT2D eigenvalue weighted by atomic mass is 32.1. The standard InChI is InChI=1S/C15H18N2O2S2/c18-14(16-9-12-3-1-7-20-12)17-10-15(19,11-5-6-11)13-4-2-8-21-13/h1-4,7-8,11,19H,5-6,9-10H2,(H2,16,17,18)/t15-/m1/s1. The van der Waals surface area contributed by atoms with E-state index >= 15 is 0 Å². The second kappa shape index (κ2) is 6.17. The summed E-state index contributed by atoms with van der Waals surface area (Å²) in [6, 6.07) is 7.58. The number of carbonyl (C=O) groups excluding carboxylic acids is 1. The van der Waals surface area contributed by atoms with E-state index in [0.29, 0.717) is 6.54 Å². The molecule has 3 rings (SSSR count). The van der Waals surface area contributed by atoms with E-state index in [-0.39, 0.29) is 18.5 Å². The van der Waals surface area contributed by atoms with Crippen molar-refractivity contribution in [1.82, 2.24) is 10.6 Å². The molecule has 112 valence electrons. The molecule has 0 aromatic carbocycles. The molecular formula is C15H18N2O2S2. The van der Waals surface area contributed by atoms with E-state index in [0.717, 1.165) is 22.6 Å². The highest BCUT2D eigenvalue weighted by Gasteiger charge is 2.45. The van der Waals surface area contributed by atoms with Crippen LogP contribution in [0, 0.1) is 5.92 Å². The lowest BCUT2D eigenvalue weighted by Crippen LogP contribution is -2.45. The van der Waals surface area contributed by atoms with Gasteiger partial charge in [-0.05, 0) is 41.7 Å². The molecule has 0 bridgehead atoms. The Bertz CT molecular complexity index is 579. The van der Waals surface area contributed by atoms with Gasteiger partial charge in [-0.1, -0.05) is 12.1 Å². The smallest absolute Gasteiger partial charge is 0.315 e. The summed E-state index contributed by atoms with van der Waals surface area (Å²) in [6.45, 7) is 0.777. The van der Waals surface area contributed by atoms with Gasteiger partial charge in [0, 0.05) is 9.75 Å². The molecule has 0 saturated heterocycles. The maximum Gasteiger partial charge on any atom is 0.315 e. The molecule has 0 spiro atoms. The van der Waals surface area contributed by atoms with Crippen LogP contribution in [0.5, 0.6) is 0 Å². The van der Waals surface area contributed by atoms with Gasteiger partial charge in [0.15, 0.2) is 0 Å². The van der Waals surface area contributed by atoms with Gasteiger partial charge in [-0.15, -0.1) is 22.7 Å². The molecule has 1 aliphatic carbocycles. The van der Waals surface area contributed by atoms with Crippen LogP contribution in [0.25, 0.3) is 0 Å². The number of amides is 2. The van der Waals surface area contributed by atoms with Gasteiger partial charge in [-0.25, -0.2) is 4.79 Å². The van der Waals surface area contributed by atoms with E-state index in [1.54, 1.807) is 22.7 Å². The Morgan fingerprint density at radius 3 is 2.62 bits per heavy atom. The predicted molar refractivity (Wildman–Crippen MR) is 85.5 cm³/mol. The molecule has 0 radical (unpaired) electrons. The zero-order valence-corrected chi connectivity index (χ0v) is 13.2. The van der Waals surface area contributed by atoms with Crippen molar-refractivity contribution in [2.24, 2.45) is 5.92 Å². The summed E-state index contributed by atoms with van der Waals surface area (Å²) < 4.78 is 0. The number of nitrogens with one attached hydrogen (secondary N) is 2. The van der Waals surface area contributed by atoms with Crippen LogP contribution >= 0.6 is 22.7 Å². The number of hydrogen-bond acceptors (Lipinski definition) is 4. The molecule has 21 heavy (non-hydrogen) atoms. The van der Waals surface area contributed by atoms with E-state index in [4.69, 9.17) is 0 Å². The molecule has 2 aromatic heterocycles. The molecule has 1 aliphatic rings. The van der Waals surface area contributed by atoms with Crippen molar-refractivity contribution in [1.29, 1.82) is 0 Å². The number of carbonyl (C=O) groups is 1. The second-order valence-electron chi connectivity index (χ2n) is 5.29. The van der Waals surface area contributed by atoms with Crippen LogP contribution in [0.4, 0.5) is 4.79 Å². The molecule has 3 N–H and O–H groups in total. The Hall–Kier alpha value is -1.37. The summed E-state index contributed by atoms with van der Waals surface area (Å²) in [5.41, 5.74) is -0.922. The van der Waals surface area contributed by atoms with Crippen LogP contribution < -0.4 is 10.6 Å². The summed E-state index contributed by atoms with van der Waals surface area (Å²) in [7, 11) is 0. The minimum atomic E-state index is -0.922. The van der Waals surface area contributed by atoms with Crippen LogP contribution in [0.1, 0.15) is 22.6 Å². The van der Waals surface area contributed by atoms with Crippen molar-refractivity contribution in [2.75, 3.05) is 6.54 Å². The average Bonchev–Trinajstić information content (AvgIpc) is 3.00. The zero-order valence-electron chi connectivity index (χ0n) is 11.5. The highest BCUT2D eigenvalue weighted by Crippen LogP contribution is 2.46. The van der Waals surface area contributed by atoms with Gasteiger partial charge in [0.2, 0.25) is 0 Å². The summed E-state index contributed by atoms with van der Waals surface area (Å²) in [4.78, 5) is 13.9. The Morgan fingerprint density at radius 2 is 2.00 bits per heavy atom. The number of hydrogen-bond donors (Lipinski definition) is 3. The van der Waals surface area contributed by atoms with Crippen molar-refractivity contribution in [3.05, 3.63) is 44.8 Å². The fraction of sp³-hybridized carbons (Fsp3) is 0.400. The first-order chi connectivity index (χ1) is 10.2. The summed E-state index contributed by atoms with van der Waals surface area (Å²) in [5, 5.41) is 20.4. The van der Waals surface area contributed by atoms with Crippen molar-refractivity contribution in [3.63, 3.8) is 0 Å². The average molecular weight is 322 g/mol. The lowest BCUT2D eigenvalue weighted by Gasteiger charge is -2.27. The quantitative estimate of drug-likeness (QED) is 0.766. The first kappa shape index (κ1) is 14.6. The maximum atomic E-state index is 11.9. The Kier molecular flexibility index (Phi) is 4.28. The van der Waals surface area contributed by atoms with Gasteiger partial charge in [0.1, 0.15) is 5.60 Å². The summed E-state index contributed by atoms with van der Waals surface area (Å²) in [5.74, 6) is 0.258. The number of urea groups is 1. The third-order valence-electron chi connectivity index (χ3n) is 3.72. The molecule has 2 aromatic rings. The van der Waals surface area contributed by atoms with Crippen molar-refractivity contribution >= 4 is 28.7 Å². The van der Waals surface area contributed by atoms with Crippen molar-refractivity contribution < 1.29 is 9.90 Å². The monoisotopic (exact) mass is 322 g/mol. The van der Waals surface area contributed by atoms with Crippen LogP contribution in [0.2, 0.25) is 0 Å². The summed E-state index contributed by atoms with van der Waals surface area (Å²) in [6.07, 6.45) is 2.04. The molecule has 2 amide bonds. The van der Waals surface area contributed by atoms with E-state index in [2.05, 4.69) is 10.6 Å². The molecule has 1 fully saturated rings. The minimum absolute atomic E-state index is 0.237. The number of thiophene rings is 2. The molecular weight excluding hydrogens is 304 g/mol. The van der Waals surface area contributed by atoms with Gasteiger partial charge in [0.05, 0.1) is 13.1 Å². The van der Waals surface area contributed by atoms with Crippen LogP contribution in [0.15, 0.2) is 35.0 Å². The third-order valence-corrected chi connectivity index (χ3v) is 5.64. The molecule has 2 heterocycles. The first-order valence-electron chi connectivity index (χ1n) is 6.99. The van der Waals surface area contributed by atoms with E-state index in [9.17, 15) is 9.90 Å². The van der Waals surface area contributed by atoms with E-state index in [1.807, 2.05) is 35.0 Å². The van der Waals surface area contributed by atoms with Crippen molar-refractivity contribution in [2.45, 2.75) is 25.0 Å². The SMILES string of the molecule is O=C(NCc1cccs1)NC[C@](O)(c1cccs1)C1CC1. The topological polar surface area (TPSA) is 61.4 Å². The molecule has 6 heteroatoms. The van der Waals surface area contributed by atoms with Gasteiger partial charge < -0.3 is 15.7 Å². The van der Waals surface area contributed by atoms with Gasteiger partial charge in [0.25, 0.3) is 0 Å². The Balaban J connectivity index is 1.54. The summed E-state index contributed by atoms with van der Waals surface area (Å²) >= 11 is 3.15. The Morgan fingerprint density at radius 1 is 1.24 bits per heavy atom. The minimum Gasteiger partial charge on any atom is -0.382 e. The molecule has 0 unspecified atom stereocenters. The van der Waals surface area contributed by atoms with Crippen LogP contribution in [-0.4, -0.2) is 17.7 Å². The van der Waals surface area contributed by atoms with Crippen LogP contribution in [0.3, 0.4) is 0 Å². The third kappa shape index (κ3) is 3.45. The molecule has 1 saturated carbocycles. The highest BCUT2D eigenvalue weighted by molar-refractivity contribution is 7.10. The van der Waals surface area contributed by atoms with Crippen LogP contribution in [-0.2, 0) is 12.1 Å². The fourth-order valence-electron chi connectivity index (χ4n) is 2.38. The molecule has 0 aliphatic heterocycles. The van der Waals surface area contributed by atoms with Gasteiger partial charge in [-0.2, -0.15) is 0 Å². The number of rotatable bonds is 6. The predicted octanol–water partition coefficient (Wildman–Crippen LogP) is 2.91.